The Labute approximate surface area is 462 Å². The number of carbonyl (C=O) groups excluding carboxylic acids is 8. The minimum Gasteiger partial charge on any atom is -0.481 e. The van der Waals surface area contributed by atoms with Crippen LogP contribution in [-0.2, 0) is 52.7 Å². The van der Waals surface area contributed by atoms with Gasteiger partial charge in [0, 0.05) is 36.0 Å². The summed E-state index contributed by atoms with van der Waals surface area (Å²) in [6, 6.07) is -9.64. The Morgan fingerprint density at radius 2 is 0.851 bits per heavy atom. The van der Waals surface area contributed by atoms with E-state index >= 15 is 0 Å². The van der Waals surface area contributed by atoms with Crippen molar-refractivity contribution < 1.29 is 62.9 Å². The summed E-state index contributed by atoms with van der Waals surface area (Å²) >= 11 is 0. The first kappa shape index (κ1) is 69.7. The standard InChI is InChI=1S/C53H93N7O13.Na/c1-30(2)20-18-16-14-13-15-17-19-21-36-28-43(61)54-37(22-23-44(62)63)47(66)55-38(24-31(3)4)48(67)57-40(26-33(7)8)51(70)60-46(35(11)12)52(71)58-41(29-45(64)65)50(69)56-39(25-32(5)6)49(68)59-42(27-34(9)10)53(72)73-36;/h30-42,46H,13-29H2,1-12H3,(H,54,61)(H,55,66)(H,56,69)(H,57,67)(H,58,71)(H,59,68)(H,60,70)(H,62,63)(H,64,65);/t36-,37+,38+,39-,40-,41+,42+,46+;/m1./s1. The molecule has 1 fully saturated rings. The second-order valence-corrected chi connectivity index (χ2v) is 22.4. The third-order valence-electron chi connectivity index (χ3n) is 12.4. The van der Waals surface area contributed by atoms with Gasteiger partial charge in [-0.2, -0.15) is 0 Å². The number of hydrogen-bond acceptors (Lipinski definition) is 11. The van der Waals surface area contributed by atoms with E-state index in [0.29, 0.717) is 12.3 Å². The number of carbonyl (C=O) groups is 10. The monoisotopic (exact) mass is 1060 g/mol. The number of rotatable bonds is 24. The van der Waals surface area contributed by atoms with Crippen LogP contribution in [0.3, 0.4) is 0 Å². The molecule has 1 radical (unpaired) electrons. The number of cyclic esters (lactones) is 1. The van der Waals surface area contributed by atoms with Crippen LogP contribution in [0.25, 0.3) is 0 Å². The van der Waals surface area contributed by atoms with Crippen molar-refractivity contribution in [2.75, 3.05) is 0 Å². The van der Waals surface area contributed by atoms with Gasteiger partial charge in [0.05, 0.1) is 12.8 Å². The second-order valence-electron chi connectivity index (χ2n) is 22.4. The summed E-state index contributed by atoms with van der Waals surface area (Å²) in [7, 11) is 0. The molecule has 1 rings (SSSR count). The minimum absolute atomic E-state index is 0. The van der Waals surface area contributed by atoms with Crippen LogP contribution in [0, 0.1) is 35.5 Å². The van der Waals surface area contributed by atoms with Crippen molar-refractivity contribution >= 4 is 88.8 Å². The summed E-state index contributed by atoms with van der Waals surface area (Å²) in [6.07, 6.45) is 5.02. The Bertz CT molecular complexity index is 1810. The van der Waals surface area contributed by atoms with Crippen molar-refractivity contribution in [1.82, 2.24) is 37.2 Å². The molecule has 0 bridgehead atoms. The average Bonchev–Trinajstić information content (AvgIpc) is 3.26. The summed E-state index contributed by atoms with van der Waals surface area (Å²) in [5.74, 6) is -10.1. The van der Waals surface area contributed by atoms with Crippen LogP contribution in [0.2, 0.25) is 0 Å². The summed E-state index contributed by atoms with van der Waals surface area (Å²) in [4.78, 5) is 137. The van der Waals surface area contributed by atoms with Crippen LogP contribution < -0.4 is 37.2 Å². The molecule has 0 spiro atoms. The molecule has 21 heteroatoms. The molecule has 20 nitrogen and oxygen atoms in total. The number of carboxylic acids is 2. The molecule has 1 aliphatic rings. The fraction of sp³-hybridized carbons (Fsp3) is 0.811. The van der Waals surface area contributed by atoms with Gasteiger partial charge in [0.15, 0.2) is 0 Å². The molecule has 0 aliphatic carbocycles. The number of carboxylic acid groups (broad SMARTS) is 2. The summed E-state index contributed by atoms with van der Waals surface area (Å²) < 4.78 is 6.04. The van der Waals surface area contributed by atoms with E-state index in [1.54, 1.807) is 55.4 Å². The molecule has 0 aromatic carbocycles. The number of ether oxygens (including phenoxy) is 1. The van der Waals surface area contributed by atoms with Gasteiger partial charge in [-0.1, -0.05) is 128 Å². The number of nitrogens with one attached hydrogen (secondary N) is 7. The van der Waals surface area contributed by atoms with Crippen molar-refractivity contribution in [2.24, 2.45) is 35.5 Å². The van der Waals surface area contributed by atoms with E-state index in [2.05, 4.69) is 51.1 Å². The quantitative estimate of drug-likeness (QED) is 0.0362. The second kappa shape index (κ2) is 36.6. The smallest absolute Gasteiger partial charge is 0.328 e. The molecule has 74 heavy (non-hydrogen) atoms. The van der Waals surface area contributed by atoms with E-state index in [1.807, 2.05) is 13.8 Å². The maximum absolute atomic E-state index is 14.2. The van der Waals surface area contributed by atoms with Crippen LogP contribution in [0.4, 0.5) is 0 Å². The van der Waals surface area contributed by atoms with Gasteiger partial charge in [-0.15, -0.1) is 0 Å². The maximum atomic E-state index is 14.2. The van der Waals surface area contributed by atoms with Gasteiger partial charge in [-0.05, 0) is 80.5 Å². The van der Waals surface area contributed by atoms with Crippen LogP contribution in [0.1, 0.15) is 192 Å². The first-order valence-electron chi connectivity index (χ1n) is 26.8. The van der Waals surface area contributed by atoms with Crippen molar-refractivity contribution in [3.8, 4) is 0 Å². The van der Waals surface area contributed by atoms with Crippen LogP contribution in [0.15, 0.2) is 0 Å². The summed E-state index contributed by atoms with van der Waals surface area (Å²) in [6.45, 7) is 22.0. The molecule has 8 atom stereocenters. The van der Waals surface area contributed by atoms with Gasteiger partial charge in [0.1, 0.15) is 48.4 Å². The minimum atomic E-state index is -1.72. The Balaban J connectivity index is 0.0000533. The number of amides is 7. The van der Waals surface area contributed by atoms with Gasteiger partial charge in [-0.3, -0.25) is 43.2 Å². The molecular formula is C53H93N7NaO13. The van der Waals surface area contributed by atoms with Crippen LogP contribution in [0.5, 0.6) is 0 Å². The molecule has 0 aromatic rings. The first-order chi connectivity index (χ1) is 34.1. The van der Waals surface area contributed by atoms with Gasteiger partial charge < -0.3 is 52.2 Å². The molecule has 0 unspecified atom stereocenters. The van der Waals surface area contributed by atoms with E-state index < -0.39 is 133 Å². The zero-order valence-corrected chi connectivity index (χ0v) is 49.0. The largest absolute Gasteiger partial charge is 0.481 e. The molecule has 1 saturated heterocycles. The molecular weight excluding hydrogens is 966 g/mol. The first-order valence-corrected chi connectivity index (χ1v) is 26.8. The Morgan fingerprint density at radius 1 is 0.459 bits per heavy atom. The zero-order valence-electron chi connectivity index (χ0n) is 47.0. The van der Waals surface area contributed by atoms with E-state index in [4.69, 9.17) is 4.74 Å². The zero-order chi connectivity index (χ0) is 55.5. The van der Waals surface area contributed by atoms with Gasteiger partial charge in [0.2, 0.25) is 41.4 Å². The van der Waals surface area contributed by atoms with Crippen molar-refractivity contribution in [3.05, 3.63) is 0 Å². The van der Waals surface area contributed by atoms with Gasteiger partial charge >= 0.3 is 17.9 Å². The van der Waals surface area contributed by atoms with Gasteiger partial charge in [0.25, 0.3) is 0 Å². The number of esters is 1. The van der Waals surface area contributed by atoms with E-state index in [-0.39, 0.29) is 91.8 Å². The van der Waals surface area contributed by atoms with E-state index in [1.165, 1.54) is 0 Å². The molecule has 7 amide bonds. The number of aliphatic carboxylic acids is 2. The summed E-state index contributed by atoms with van der Waals surface area (Å²) in [5.41, 5.74) is 0. The maximum Gasteiger partial charge on any atom is 0.328 e. The fourth-order valence-corrected chi connectivity index (χ4v) is 8.57. The van der Waals surface area contributed by atoms with Crippen molar-refractivity contribution in [1.29, 1.82) is 0 Å². The van der Waals surface area contributed by atoms with E-state index in [9.17, 15) is 58.2 Å². The summed E-state index contributed by atoms with van der Waals surface area (Å²) in [5, 5.41) is 37.9. The molecule has 9 N–H and O–H groups in total. The fourth-order valence-electron chi connectivity index (χ4n) is 8.57. The third kappa shape index (κ3) is 29.7. The Morgan fingerprint density at radius 3 is 1.28 bits per heavy atom. The predicted molar refractivity (Wildman–Crippen MR) is 282 cm³/mol. The van der Waals surface area contributed by atoms with Crippen molar-refractivity contribution in [3.63, 3.8) is 0 Å². The van der Waals surface area contributed by atoms with Crippen molar-refractivity contribution in [2.45, 2.75) is 241 Å². The topological polar surface area (TPSA) is 305 Å². The van der Waals surface area contributed by atoms with Crippen LogP contribution in [-0.4, -0.2) is 147 Å². The SMILES string of the molecule is CC(C)CCCCCCCCC[C@@H]1CC(=O)N[C@@H](CCC(=O)O)C(=O)N[C@@H](CC(C)C)C(=O)N[C@H](CC(C)C)C(=O)N[C@@H](C(C)C)C(=O)N[C@@H](CC(=O)O)C(=O)N[C@H](CC(C)C)C(=O)N[C@@H](CC(C)C)C(=O)O1.[Na]. The number of hydrogen-bond donors (Lipinski definition) is 9. The van der Waals surface area contributed by atoms with E-state index in [0.717, 1.165) is 44.9 Å². The van der Waals surface area contributed by atoms with Gasteiger partial charge in [-0.25, -0.2) is 4.79 Å². The molecule has 0 aromatic heterocycles. The normalized spacial score (nSPS) is 23.7. The Hall–Kier alpha value is -4.30. The molecule has 419 valence electrons. The average molecular weight is 1060 g/mol. The molecule has 0 saturated carbocycles. The molecule has 1 heterocycles. The molecule has 1 aliphatic heterocycles. The van der Waals surface area contributed by atoms with Crippen LogP contribution >= 0.6 is 0 Å². The third-order valence-corrected chi connectivity index (χ3v) is 12.4. The predicted octanol–water partition coefficient (Wildman–Crippen LogP) is 4.66. The number of unbranched alkanes of at least 4 members (excludes halogenated alkanes) is 6. The Kier molecular flexibility index (Phi) is 34.5.